The lowest BCUT2D eigenvalue weighted by Gasteiger charge is -2.20. The van der Waals surface area contributed by atoms with Crippen LogP contribution in [0.4, 0.5) is 0 Å². The number of carboxylic acid groups (broad SMARTS) is 1. The van der Waals surface area contributed by atoms with Crippen molar-refractivity contribution in [2.45, 2.75) is 72.0 Å². The van der Waals surface area contributed by atoms with Gasteiger partial charge in [0.15, 0.2) is 0 Å². The summed E-state index contributed by atoms with van der Waals surface area (Å²) in [4.78, 5) is 29.0. The van der Waals surface area contributed by atoms with Crippen molar-refractivity contribution in [2.24, 2.45) is 5.92 Å². The molecular weight excluding hydrogens is 406 g/mol. The molecule has 0 saturated carbocycles. The predicted octanol–water partition coefficient (Wildman–Crippen LogP) is 4.26. The quantitative estimate of drug-likeness (QED) is 0.465. The van der Waals surface area contributed by atoms with E-state index in [1.807, 2.05) is 36.9 Å². The Morgan fingerprint density at radius 2 is 1.94 bits per heavy atom. The second-order valence-corrected chi connectivity index (χ2v) is 8.67. The number of fused-ring (bicyclic) bond motifs is 1. The van der Waals surface area contributed by atoms with Gasteiger partial charge in [-0.3, -0.25) is 14.3 Å². The molecule has 2 heterocycles. The SMILES string of the molecule is CCC(CC)n1c(Cn2cccn2)nc2cc(C(=O)NC(CC(=O)O)CC(C)C)ccc21. The Bertz CT molecular complexity index is 1050. The van der Waals surface area contributed by atoms with Gasteiger partial charge in [-0.25, -0.2) is 4.98 Å². The largest absolute Gasteiger partial charge is 0.481 e. The number of carboxylic acids is 1. The maximum absolute atomic E-state index is 12.9. The van der Waals surface area contributed by atoms with Gasteiger partial charge in [0.25, 0.3) is 5.91 Å². The molecule has 8 nitrogen and oxygen atoms in total. The van der Waals surface area contributed by atoms with E-state index >= 15 is 0 Å². The first-order valence-electron chi connectivity index (χ1n) is 11.3. The van der Waals surface area contributed by atoms with Crippen LogP contribution in [0.5, 0.6) is 0 Å². The number of benzene rings is 1. The second-order valence-electron chi connectivity index (χ2n) is 8.67. The van der Waals surface area contributed by atoms with Crippen molar-refractivity contribution in [3.8, 4) is 0 Å². The minimum absolute atomic E-state index is 0.0938. The molecule has 2 N–H and O–H groups in total. The molecule has 0 aliphatic heterocycles. The number of amides is 1. The van der Waals surface area contributed by atoms with Crippen LogP contribution in [0.25, 0.3) is 11.0 Å². The van der Waals surface area contributed by atoms with Crippen molar-refractivity contribution in [2.75, 3.05) is 0 Å². The van der Waals surface area contributed by atoms with Crippen molar-refractivity contribution in [3.05, 3.63) is 48.0 Å². The molecular formula is C24H33N5O3. The molecule has 0 aliphatic rings. The van der Waals surface area contributed by atoms with Crippen LogP contribution in [-0.4, -0.2) is 42.4 Å². The zero-order valence-corrected chi connectivity index (χ0v) is 19.3. The molecule has 32 heavy (non-hydrogen) atoms. The summed E-state index contributed by atoms with van der Waals surface area (Å²) in [6, 6.07) is 7.31. The van der Waals surface area contributed by atoms with Crippen LogP contribution in [0, 0.1) is 5.92 Å². The molecule has 1 atom stereocenters. The highest BCUT2D eigenvalue weighted by molar-refractivity contribution is 5.97. The number of hydrogen-bond acceptors (Lipinski definition) is 4. The number of carbonyl (C=O) groups is 2. The van der Waals surface area contributed by atoms with E-state index in [2.05, 4.69) is 28.8 Å². The van der Waals surface area contributed by atoms with E-state index < -0.39 is 12.0 Å². The number of rotatable bonds is 11. The highest BCUT2D eigenvalue weighted by Crippen LogP contribution is 2.27. The van der Waals surface area contributed by atoms with Gasteiger partial charge in [-0.05, 0) is 49.4 Å². The van der Waals surface area contributed by atoms with Crippen LogP contribution < -0.4 is 5.32 Å². The molecule has 3 rings (SSSR count). The van der Waals surface area contributed by atoms with Crippen LogP contribution >= 0.6 is 0 Å². The minimum Gasteiger partial charge on any atom is -0.481 e. The molecule has 3 aromatic rings. The Balaban J connectivity index is 1.93. The summed E-state index contributed by atoms with van der Waals surface area (Å²) in [7, 11) is 0. The number of hydrogen-bond donors (Lipinski definition) is 2. The summed E-state index contributed by atoms with van der Waals surface area (Å²) in [6.07, 6.45) is 6.12. The van der Waals surface area contributed by atoms with Crippen LogP contribution in [0.2, 0.25) is 0 Å². The molecule has 1 amide bonds. The Kier molecular flexibility index (Phi) is 7.66. The van der Waals surface area contributed by atoms with E-state index in [1.54, 1.807) is 18.3 Å². The van der Waals surface area contributed by atoms with Gasteiger partial charge >= 0.3 is 5.97 Å². The van der Waals surface area contributed by atoms with Gasteiger partial charge in [0, 0.05) is 30.0 Å². The summed E-state index contributed by atoms with van der Waals surface area (Å²) in [5.74, 6) is -0.00989. The molecule has 0 fully saturated rings. The van der Waals surface area contributed by atoms with Crippen molar-refractivity contribution < 1.29 is 14.7 Å². The molecule has 1 aromatic carbocycles. The molecule has 8 heteroatoms. The number of aliphatic carboxylic acids is 1. The standard InChI is InChI=1S/C24H33N5O3/c1-5-19(6-2)29-21-9-8-17(24(32)26-18(12-16(3)4)14-23(30)31)13-20(21)27-22(29)15-28-11-7-10-25-28/h7-11,13,16,18-19H,5-6,12,14-15H2,1-4H3,(H,26,32)(H,30,31). The average Bonchev–Trinajstić information content (AvgIpc) is 3.36. The molecule has 0 spiro atoms. The highest BCUT2D eigenvalue weighted by Gasteiger charge is 2.21. The number of aromatic nitrogens is 4. The third-order valence-corrected chi connectivity index (χ3v) is 5.71. The molecule has 0 aliphatic carbocycles. The third-order valence-electron chi connectivity index (χ3n) is 5.71. The molecule has 0 saturated heterocycles. The number of carbonyl (C=O) groups excluding carboxylic acids is 1. The summed E-state index contributed by atoms with van der Waals surface area (Å²) < 4.78 is 4.10. The monoisotopic (exact) mass is 439 g/mol. The number of nitrogens with zero attached hydrogens (tertiary/aromatic N) is 4. The van der Waals surface area contributed by atoms with Crippen molar-refractivity contribution in [3.63, 3.8) is 0 Å². The Labute approximate surface area is 188 Å². The van der Waals surface area contributed by atoms with E-state index in [0.29, 0.717) is 24.6 Å². The first-order valence-corrected chi connectivity index (χ1v) is 11.3. The summed E-state index contributed by atoms with van der Waals surface area (Å²) >= 11 is 0. The van der Waals surface area contributed by atoms with Gasteiger partial charge < -0.3 is 15.0 Å². The van der Waals surface area contributed by atoms with Crippen LogP contribution in [-0.2, 0) is 11.3 Å². The molecule has 172 valence electrons. The molecule has 0 radical (unpaired) electrons. The number of imidazole rings is 1. The lowest BCUT2D eigenvalue weighted by Crippen LogP contribution is -2.37. The fraction of sp³-hybridized carbons (Fsp3) is 0.500. The Morgan fingerprint density at radius 3 is 2.53 bits per heavy atom. The van der Waals surface area contributed by atoms with E-state index in [0.717, 1.165) is 29.7 Å². The van der Waals surface area contributed by atoms with E-state index in [-0.39, 0.29) is 18.2 Å². The van der Waals surface area contributed by atoms with Crippen LogP contribution in [0.15, 0.2) is 36.7 Å². The minimum atomic E-state index is -0.918. The van der Waals surface area contributed by atoms with Crippen molar-refractivity contribution in [1.29, 1.82) is 0 Å². The lowest BCUT2D eigenvalue weighted by atomic mass is 10.0. The average molecular weight is 440 g/mol. The van der Waals surface area contributed by atoms with Gasteiger partial charge in [0.05, 0.1) is 24.0 Å². The molecule has 0 bridgehead atoms. The summed E-state index contributed by atoms with van der Waals surface area (Å²) in [6.45, 7) is 8.90. The first kappa shape index (κ1) is 23.5. The normalized spacial score (nSPS) is 12.6. The number of nitrogens with one attached hydrogen (secondary N) is 1. The maximum atomic E-state index is 12.9. The first-order chi connectivity index (χ1) is 15.3. The van der Waals surface area contributed by atoms with Crippen molar-refractivity contribution in [1.82, 2.24) is 24.6 Å². The van der Waals surface area contributed by atoms with Crippen molar-refractivity contribution >= 4 is 22.9 Å². The topological polar surface area (TPSA) is 102 Å². The third kappa shape index (κ3) is 5.55. The lowest BCUT2D eigenvalue weighted by molar-refractivity contribution is -0.137. The zero-order chi connectivity index (χ0) is 23.3. The molecule has 1 unspecified atom stereocenters. The maximum Gasteiger partial charge on any atom is 0.305 e. The Morgan fingerprint density at radius 1 is 1.19 bits per heavy atom. The van der Waals surface area contributed by atoms with Gasteiger partial charge in [0.1, 0.15) is 5.82 Å². The van der Waals surface area contributed by atoms with Gasteiger partial charge in [-0.15, -0.1) is 0 Å². The highest BCUT2D eigenvalue weighted by atomic mass is 16.4. The van der Waals surface area contributed by atoms with E-state index in [4.69, 9.17) is 4.98 Å². The van der Waals surface area contributed by atoms with Gasteiger partial charge in [-0.1, -0.05) is 27.7 Å². The van der Waals surface area contributed by atoms with Gasteiger partial charge in [0.2, 0.25) is 0 Å². The smallest absolute Gasteiger partial charge is 0.305 e. The fourth-order valence-electron chi connectivity index (χ4n) is 4.24. The van der Waals surface area contributed by atoms with Crippen LogP contribution in [0.1, 0.15) is 75.6 Å². The molecule has 2 aromatic heterocycles. The fourth-order valence-corrected chi connectivity index (χ4v) is 4.24. The predicted molar refractivity (Wildman–Crippen MR) is 124 cm³/mol. The Hall–Kier alpha value is -3.16. The van der Waals surface area contributed by atoms with Crippen LogP contribution in [0.3, 0.4) is 0 Å². The second kappa shape index (κ2) is 10.4. The van der Waals surface area contributed by atoms with Gasteiger partial charge in [-0.2, -0.15) is 5.10 Å². The summed E-state index contributed by atoms with van der Waals surface area (Å²) in [5, 5.41) is 16.4. The summed E-state index contributed by atoms with van der Waals surface area (Å²) in [5.41, 5.74) is 2.23. The zero-order valence-electron chi connectivity index (χ0n) is 19.3. The van der Waals surface area contributed by atoms with E-state index in [1.165, 1.54) is 0 Å². The van der Waals surface area contributed by atoms with E-state index in [9.17, 15) is 14.7 Å².